The van der Waals surface area contributed by atoms with Crippen LogP contribution in [-0.2, 0) is 0 Å². The van der Waals surface area contributed by atoms with E-state index < -0.39 is 0 Å². The molecule has 0 aliphatic rings. The van der Waals surface area contributed by atoms with Crippen LogP contribution in [0.2, 0.25) is 0 Å². The predicted octanol–water partition coefficient (Wildman–Crippen LogP) is -1.56. The Bertz CT molecular complexity index is 15.5. The van der Waals surface area contributed by atoms with Gasteiger partial charge in [0.05, 0.1) is 0 Å². The van der Waals surface area contributed by atoms with Crippen LogP contribution in [0.25, 0.3) is 0 Å². The molecule has 28 valence electrons. The van der Waals surface area contributed by atoms with Crippen LogP contribution in [0.4, 0.5) is 0 Å². The van der Waals surface area contributed by atoms with Gasteiger partial charge in [0, 0.05) is 0 Å². The van der Waals surface area contributed by atoms with E-state index in [0.717, 1.165) is 0 Å². The van der Waals surface area contributed by atoms with Crippen LogP contribution in [0.1, 0.15) is 15.3 Å². The molecule has 0 unspecified atom stereocenters. The molecule has 2 heteroatoms. The number of rotatable bonds is 0. The zero-order chi connectivity index (χ0) is 3.58. The molecule has 0 fully saturated rings. The molecule has 0 aromatic carbocycles. The average molecular weight is 210 g/mol. The Morgan fingerprint density at radius 1 is 1.60 bits per heavy atom. The molecule has 0 spiro atoms. The van der Waals surface area contributed by atoms with Crippen LogP contribution in [-0.4, -0.2) is 5.25 Å². The van der Waals surface area contributed by atoms with Crippen LogP contribution < -0.4 is 68.9 Å². The summed E-state index contributed by atoms with van der Waals surface area (Å²) in [4.78, 5) is 0. The Kier molecular flexibility index (Phi) is 13.3. The molecule has 0 aliphatic carbocycles. The Balaban J connectivity index is -0.0000000450. The van der Waals surface area contributed by atoms with Gasteiger partial charge in [-0.05, 0) is 5.25 Å². The van der Waals surface area contributed by atoms with Crippen molar-refractivity contribution >= 4 is 12.6 Å². The molecule has 0 saturated heterocycles. The second kappa shape index (κ2) is 6.40. The van der Waals surface area contributed by atoms with Crippen LogP contribution >= 0.6 is 12.6 Å². The van der Waals surface area contributed by atoms with Crippen molar-refractivity contribution in [3.63, 3.8) is 0 Å². The molecular formula is C3H9CsS. The zero-order valence-corrected chi connectivity index (χ0v) is 11.2. The van der Waals surface area contributed by atoms with Gasteiger partial charge in [-0.25, -0.2) is 0 Å². The summed E-state index contributed by atoms with van der Waals surface area (Å²) in [5.41, 5.74) is 0. The van der Waals surface area contributed by atoms with Gasteiger partial charge in [-0.1, -0.05) is 13.8 Å². The quantitative estimate of drug-likeness (QED) is 0.459. The Hall–Kier alpha value is 2.40. The van der Waals surface area contributed by atoms with E-state index in [1.165, 1.54) is 0 Å². The van der Waals surface area contributed by atoms with Gasteiger partial charge in [0.15, 0.2) is 0 Å². The molecule has 0 nitrogen and oxygen atoms in total. The standard InChI is InChI=1S/C3H8S.Cs.H/c1-3(2)4;;/h3-4H,1-2H3;;/q;+1;-1. The van der Waals surface area contributed by atoms with E-state index in [4.69, 9.17) is 0 Å². The van der Waals surface area contributed by atoms with Crippen LogP contribution in [0, 0.1) is 0 Å². The zero-order valence-electron chi connectivity index (χ0n) is 5.02. The predicted molar refractivity (Wildman–Crippen MR) is 25.2 cm³/mol. The topological polar surface area (TPSA) is 0 Å². The summed E-state index contributed by atoms with van der Waals surface area (Å²) in [5, 5.41) is 0.528. The molecule has 0 aliphatic heterocycles. The minimum Gasteiger partial charge on any atom is -1.00 e. The Labute approximate surface area is 99.4 Å². The van der Waals surface area contributed by atoms with Crippen molar-refractivity contribution in [1.82, 2.24) is 0 Å². The van der Waals surface area contributed by atoms with Crippen molar-refractivity contribution in [2.45, 2.75) is 19.1 Å². The van der Waals surface area contributed by atoms with E-state index in [-0.39, 0.29) is 70.3 Å². The molecule has 0 amide bonds. The summed E-state index contributed by atoms with van der Waals surface area (Å²) in [6.45, 7) is 4.06. The summed E-state index contributed by atoms with van der Waals surface area (Å²) < 4.78 is 0. The minimum atomic E-state index is 0. The fraction of sp³-hybridized carbons (Fsp3) is 1.00. The van der Waals surface area contributed by atoms with Crippen molar-refractivity contribution < 1.29 is 70.3 Å². The van der Waals surface area contributed by atoms with Crippen molar-refractivity contribution in [2.75, 3.05) is 0 Å². The first-order valence-corrected chi connectivity index (χ1v) is 1.93. The molecule has 0 N–H and O–H groups in total. The summed E-state index contributed by atoms with van der Waals surface area (Å²) in [6.07, 6.45) is 0. The summed E-state index contributed by atoms with van der Waals surface area (Å²) in [6, 6.07) is 0. The van der Waals surface area contributed by atoms with Crippen LogP contribution in [0.3, 0.4) is 0 Å². The minimum absolute atomic E-state index is 0. The van der Waals surface area contributed by atoms with Gasteiger partial charge in [-0.15, -0.1) is 0 Å². The summed E-state index contributed by atoms with van der Waals surface area (Å²) in [7, 11) is 0. The summed E-state index contributed by atoms with van der Waals surface area (Å²) in [5.74, 6) is 0. The molecule has 0 radical (unpaired) electrons. The molecule has 0 atom stereocenters. The number of thiol groups is 1. The maximum Gasteiger partial charge on any atom is 1.00 e. The molecule has 0 bridgehead atoms. The molecular weight excluding hydrogens is 201 g/mol. The van der Waals surface area contributed by atoms with E-state index in [2.05, 4.69) is 12.6 Å². The van der Waals surface area contributed by atoms with Crippen molar-refractivity contribution in [2.24, 2.45) is 0 Å². The third kappa shape index (κ3) is 21.5. The maximum absolute atomic E-state index is 3.97. The fourth-order valence-corrected chi connectivity index (χ4v) is 0. The normalized spacial score (nSPS) is 7.20. The first-order valence-electron chi connectivity index (χ1n) is 1.41. The van der Waals surface area contributed by atoms with Crippen molar-refractivity contribution in [1.29, 1.82) is 0 Å². The van der Waals surface area contributed by atoms with Gasteiger partial charge in [-0.2, -0.15) is 12.6 Å². The smallest absolute Gasteiger partial charge is 1.00 e. The Morgan fingerprint density at radius 2 is 1.60 bits per heavy atom. The second-order valence-electron chi connectivity index (χ2n) is 1.09. The van der Waals surface area contributed by atoms with Gasteiger partial charge in [0.1, 0.15) is 0 Å². The fourth-order valence-electron chi connectivity index (χ4n) is 0. The Morgan fingerprint density at radius 3 is 1.60 bits per heavy atom. The van der Waals surface area contributed by atoms with Crippen molar-refractivity contribution in [3.8, 4) is 0 Å². The SMILES string of the molecule is CC(C)S.[Cs+].[H-]. The van der Waals surface area contributed by atoms with E-state index in [1.54, 1.807) is 0 Å². The average Bonchev–Trinajstić information content (AvgIpc) is 0.811. The first kappa shape index (κ1) is 10.4. The molecule has 0 aromatic heterocycles. The molecule has 0 rings (SSSR count). The third-order valence-electron chi connectivity index (χ3n) is 0. The first-order chi connectivity index (χ1) is 1.73. The second-order valence-corrected chi connectivity index (χ2v) is 2.13. The van der Waals surface area contributed by atoms with Crippen LogP contribution in [0.15, 0.2) is 0 Å². The third-order valence-corrected chi connectivity index (χ3v) is 0. The van der Waals surface area contributed by atoms with Gasteiger partial charge in [-0.3, -0.25) is 0 Å². The van der Waals surface area contributed by atoms with E-state index in [0.29, 0.717) is 5.25 Å². The largest absolute Gasteiger partial charge is 1.00 e. The van der Waals surface area contributed by atoms with Crippen molar-refractivity contribution in [3.05, 3.63) is 0 Å². The molecule has 0 heterocycles. The number of hydrogen-bond acceptors (Lipinski definition) is 1. The maximum atomic E-state index is 3.97. The van der Waals surface area contributed by atoms with E-state index in [1.807, 2.05) is 13.8 Å². The molecule has 0 saturated carbocycles. The molecule has 0 aromatic rings. The van der Waals surface area contributed by atoms with Gasteiger partial charge >= 0.3 is 68.9 Å². The molecule has 5 heavy (non-hydrogen) atoms. The monoisotopic (exact) mass is 210 g/mol. The van der Waals surface area contributed by atoms with Gasteiger partial charge in [0.25, 0.3) is 0 Å². The number of hydrogen-bond donors (Lipinski definition) is 1. The van der Waals surface area contributed by atoms with Crippen LogP contribution in [0.5, 0.6) is 0 Å². The van der Waals surface area contributed by atoms with E-state index in [9.17, 15) is 0 Å². The van der Waals surface area contributed by atoms with E-state index >= 15 is 0 Å². The van der Waals surface area contributed by atoms with Gasteiger partial charge < -0.3 is 1.43 Å². The van der Waals surface area contributed by atoms with Gasteiger partial charge in [0.2, 0.25) is 0 Å². The summed E-state index contributed by atoms with van der Waals surface area (Å²) >= 11 is 3.97.